The highest BCUT2D eigenvalue weighted by atomic mass is 19.4. The quantitative estimate of drug-likeness (QED) is 0.569. The molecule has 1 fully saturated rings. The zero-order valence-electron chi connectivity index (χ0n) is 19.1. The summed E-state index contributed by atoms with van der Waals surface area (Å²) in [5.41, 5.74) is 0.171. The van der Waals surface area contributed by atoms with Crippen molar-refractivity contribution in [3.05, 3.63) is 66.0 Å². The molecule has 188 valence electrons. The number of ether oxygens (including phenoxy) is 2. The molecule has 4 heterocycles. The minimum atomic E-state index is -4.45. The Hall–Kier alpha value is -3.93. The summed E-state index contributed by atoms with van der Waals surface area (Å²) in [5, 5.41) is 10.4. The molecular formula is C24H23F3N6O3. The third-order valence-corrected chi connectivity index (χ3v) is 6.13. The lowest BCUT2D eigenvalue weighted by Crippen LogP contribution is -2.51. The Bertz CT molecular complexity index is 1200. The standard InChI is InChI=1S/C24H23F3N6O3/c25-24(26,27)16-3-6-22(28-15-16)36-17-4-5-18-19(7-13-35-20(18)14-17)32-9-11-33(12-10-32)23(34)30-21-2-1-8-29-31-21/h1-6,8,14-15,19H,7,9-13H2,(H,30,31,34). The molecule has 2 aromatic heterocycles. The van der Waals surface area contributed by atoms with Gasteiger partial charge in [-0.25, -0.2) is 9.78 Å². The number of carbonyl (C=O) groups excluding carboxylic acids is 1. The second kappa shape index (κ2) is 9.97. The number of hydrogen-bond acceptors (Lipinski definition) is 7. The van der Waals surface area contributed by atoms with Crippen molar-refractivity contribution in [3.63, 3.8) is 0 Å². The zero-order chi connectivity index (χ0) is 25.1. The van der Waals surface area contributed by atoms with Crippen LogP contribution in [0, 0.1) is 0 Å². The number of piperazine rings is 1. The molecule has 0 saturated carbocycles. The van der Waals surface area contributed by atoms with Crippen LogP contribution >= 0.6 is 0 Å². The summed E-state index contributed by atoms with van der Waals surface area (Å²) in [5.74, 6) is 1.56. The molecule has 2 aliphatic rings. The fraction of sp³-hybridized carbons (Fsp3) is 0.333. The van der Waals surface area contributed by atoms with Crippen molar-refractivity contribution in [2.24, 2.45) is 0 Å². The number of hydrogen-bond donors (Lipinski definition) is 1. The van der Waals surface area contributed by atoms with E-state index < -0.39 is 11.7 Å². The van der Waals surface area contributed by atoms with Crippen molar-refractivity contribution < 1.29 is 27.4 Å². The van der Waals surface area contributed by atoms with Crippen molar-refractivity contribution in [1.29, 1.82) is 0 Å². The van der Waals surface area contributed by atoms with Gasteiger partial charge in [0.25, 0.3) is 0 Å². The lowest BCUT2D eigenvalue weighted by atomic mass is 9.98. The first-order valence-electron chi connectivity index (χ1n) is 11.4. The highest BCUT2D eigenvalue weighted by molar-refractivity contribution is 5.88. The molecule has 9 nitrogen and oxygen atoms in total. The maximum absolute atomic E-state index is 12.7. The minimum absolute atomic E-state index is 0.0613. The molecule has 0 radical (unpaired) electrons. The van der Waals surface area contributed by atoms with E-state index >= 15 is 0 Å². The van der Waals surface area contributed by atoms with Gasteiger partial charge >= 0.3 is 12.2 Å². The molecule has 0 bridgehead atoms. The van der Waals surface area contributed by atoms with Crippen LogP contribution in [0.5, 0.6) is 17.4 Å². The van der Waals surface area contributed by atoms with Crippen LogP contribution in [-0.2, 0) is 6.18 Å². The SMILES string of the molecule is O=C(Nc1cccnn1)N1CCN(C2CCOc3cc(Oc4ccc(C(F)(F)F)cn4)ccc32)CC1. The molecular weight excluding hydrogens is 477 g/mol. The van der Waals surface area contributed by atoms with Gasteiger partial charge in [-0.15, -0.1) is 5.10 Å². The van der Waals surface area contributed by atoms with Gasteiger partial charge in [0.15, 0.2) is 5.82 Å². The van der Waals surface area contributed by atoms with Crippen LogP contribution in [-0.4, -0.2) is 63.8 Å². The van der Waals surface area contributed by atoms with Gasteiger partial charge in [-0.1, -0.05) is 6.07 Å². The van der Waals surface area contributed by atoms with E-state index in [1.807, 2.05) is 6.07 Å². The lowest BCUT2D eigenvalue weighted by molar-refractivity contribution is -0.137. The van der Waals surface area contributed by atoms with Crippen LogP contribution in [0.3, 0.4) is 0 Å². The largest absolute Gasteiger partial charge is 0.493 e. The topological polar surface area (TPSA) is 92.7 Å². The molecule has 2 aliphatic heterocycles. The maximum Gasteiger partial charge on any atom is 0.417 e. The Morgan fingerprint density at radius 1 is 1.11 bits per heavy atom. The van der Waals surface area contributed by atoms with E-state index in [0.717, 1.165) is 24.2 Å². The molecule has 1 aromatic carbocycles. The van der Waals surface area contributed by atoms with Crippen LogP contribution in [0.4, 0.5) is 23.8 Å². The predicted molar refractivity (Wildman–Crippen MR) is 123 cm³/mol. The smallest absolute Gasteiger partial charge is 0.417 e. The number of halogens is 3. The molecule has 1 N–H and O–H groups in total. The van der Waals surface area contributed by atoms with Crippen molar-refractivity contribution in [2.45, 2.75) is 18.6 Å². The summed E-state index contributed by atoms with van der Waals surface area (Å²) in [4.78, 5) is 20.4. The van der Waals surface area contributed by atoms with Crippen LogP contribution in [0.1, 0.15) is 23.6 Å². The van der Waals surface area contributed by atoms with Gasteiger partial charge in [0.05, 0.1) is 12.2 Å². The van der Waals surface area contributed by atoms with Gasteiger partial charge in [0.1, 0.15) is 11.5 Å². The van der Waals surface area contributed by atoms with Gasteiger partial charge < -0.3 is 14.4 Å². The normalized spacial score (nSPS) is 18.2. The van der Waals surface area contributed by atoms with E-state index in [1.54, 1.807) is 35.4 Å². The molecule has 1 saturated heterocycles. The number of aromatic nitrogens is 3. The Kier molecular flexibility index (Phi) is 6.59. The van der Waals surface area contributed by atoms with Crippen LogP contribution in [0.15, 0.2) is 54.9 Å². The van der Waals surface area contributed by atoms with Crippen molar-refractivity contribution in [2.75, 3.05) is 38.1 Å². The molecule has 2 amide bonds. The van der Waals surface area contributed by atoms with Gasteiger partial charge in [0, 0.05) is 68.7 Å². The highest BCUT2D eigenvalue weighted by Gasteiger charge is 2.32. The van der Waals surface area contributed by atoms with Crippen molar-refractivity contribution in [1.82, 2.24) is 25.0 Å². The van der Waals surface area contributed by atoms with E-state index in [4.69, 9.17) is 9.47 Å². The molecule has 12 heteroatoms. The summed E-state index contributed by atoms with van der Waals surface area (Å²) in [6.45, 7) is 3.06. The van der Waals surface area contributed by atoms with Crippen LogP contribution in [0.2, 0.25) is 0 Å². The Morgan fingerprint density at radius 2 is 1.94 bits per heavy atom. The summed E-state index contributed by atoms with van der Waals surface area (Å²) < 4.78 is 49.7. The average Bonchev–Trinajstić information content (AvgIpc) is 2.89. The van der Waals surface area contributed by atoms with Gasteiger partial charge in [0.2, 0.25) is 5.88 Å². The number of carbonyl (C=O) groups is 1. The number of fused-ring (bicyclic) bond motifs is 1. The summed E-state index contributed by atoms with van der Waals surface area (Å²) in [6, 6.07) is 10.8. The van der Waals surface area contributed by atoms with Crippen LogP contribution < -0.4 is 14.8 Å². The average molecular weight is 500 g/mol. The Labute approximate surface area is 204 Å². The Morgan fingerprint density at radius 3 is 2.64 bits per heavy atom. The predicted octanol–water partition coefficient (Wildman–Crippen LogP) is 4.36. The number of benzene rings is 1. The van der Waals surface area contributed by atoms with E-state index in [9.17, 15) is 18.0 Å². The third kappa shape index (κ3) is 5.33. The van der Waals surface area contributed by atoms with E-state index in [0.29, 0.717) is 50.1 Å². The highest BCUT2D eigenvalue weighted by Crippen LogP contribution is 2.39. The summed E-state index contributed by atoms with van der Waals surface area (Å²) in [6.07, 6.45) is -1.36. The number of nitrogens with zero attached hydrogens (tertiary/aromatic N) is 5. The number of rotatable bonds is 4. The first-order valence-corrected chi connectivity index (χ1v) is 11.4. The second-order valence-corrected chi connectivity index (χ2v) is 8.40. The van der Waals surface area contributed by atoms with Gasteiger partial charge in [-0.3, -0.25) is 10.2 Å². The summed E-state index contributed by atoms with van der Waals surface area (Å²) in [7, 11) is 0. The molecule has 0 aliphatic carbocycles. The van der Waals surface area contributed by atoms with E-state index in [-0.39, 0.29) is 18.0 Å². The number of nitrogens with one attached hydrogen (secondary N) is 1. The van der Waals surface area contributed by atoms with E-state index in [1.165, 1.54) is 6.07 Å². The maximum atomic E-state index is 12.7. The lowest BCUT2D eigenvalue weighted by Gasteiger charge is -2.41. The van der Waals surface area contributed by atoms with Crippen molar-refractivity contribution in [3.8, 4) is 17.4 Å². The zero-order valence-corrected chi connectivity index (χ0v) is 19.1. The first-order chi connectivity index (χ1) is 17.4. The first kappa shape index (κ1) is 23.8. The van der Waals surface area contributed by atoms with E-state index in [2.05, 4.69) is 25.4 Å². The van der Waals surface area contributed by atoms with Crippen LogP contribution in [0.25, 0.3) is 0 Å². The number of urea groups is 1. The molecule has 1 atom stereocenters. The number of pyridine rings is 1. The number of anilines is 1. The fourth-order valence-corrected chi connectivity index (χ4v) is 4.32. The fourth-order valence-electron chi connectivity index (χ4n) is 4.32. The van der Waals surface area contributed by atoms with Crippen molar-refractivity contribution >= 4 is 11.8 Å². The second-order valence-electron chi connectivity index (χ2n) is 8.40. The molecule has 5 rings (SSSR count). The monoisotopic (exact) mass is 500 g/mol. The summed E-state index contributed by atoms with van der Waals surface area (Å²) >= 11 is 0. The van der Waals surface area contributed by atoms with Gasteiger partial charge in [-0.05, 0) is 24.3 Å². The third-order valence-electron chi connectivity index (χ3n) is 6.13. The molecule has 1 unspecified atom stereocenters. The minimum Gasteiger partial charge on any atom is -0.493 e. The number of amides is 2. The van der Waals surface area contributed by atoms with Gasteiger partial charge in [-0.2, -0.15) is 18.3 Å². The molecule has 36 heavy (non-hydrogen) atoms. The molecule has 3 aromatic rings. The Balaban J connectivity index is 1.21. The molecule has 0 spiro atoms. The number of alkyl halides is 3.